The van der Waals surface area contributed by atoms with E-state index in [2.05, 4.69) is 4.98 Å². The molecule has 0 bridgehead atoms. The Labute approximate surface area is 76.8 Å². The summed E-state index contributed by atoms with van der Waals surface area (Å²) in [5, 5.41) is 0. The summed E-state index contributed by atoms with van der Waals surface area (Å²) in [6.07, 6.45) is 0. The highest BCUT2D eigenvalue weighted by atomic mass is 19.1. The van der Waals surface area contributed by atoms with Gasteiger partial charge < -0.3 is 0 Å². The smallest absolute Gasteiger partial charge is 0.148 e. The molecule has 0 spiro atoms. The number of hydrogen-bond acceptors (Lipinski definition) is 1. The van der Waals surface area contributed by atoms with Crippen LogP contribution >= 0.6 is 0 Å². The molecule has 1 aromatic heterocycles. The van der Waals surface area contributed by atoms with Gasteiger partial charge in [-0.25, -0.2) is 8.78 Å². The lowest BCUT2D eigenvalue weighted by atomic mass is 9.91. The van der Waals surface area contributed by atoms with Crippen LogP contribution in [0.5, 0.6) is 0 Å². The fourth-order valence-corrected chi connectivity index (χ4v) is 1.08. The van der Waals surface area contributed by atoms with Gasteiger partial charge in [-0.2, -0.15) is 0 Å². The minimum Gasteiger partial charge on any atom is -0.251 e. The van der Waals surface area contributed by atoms with Gasteiger partial charge >= 0.3 is 0 Å². The van der Waals surface area contributed by atoms with Gasteiger partial charge in [0.05, 0.1) is 11.4 Å². The van der Waals surface area contributed by atoms with Crippen LogP contribution in [0.3, 0.4) is 0 Å². The lowest BCUT2D eigenvalue weighted by Crippen LogP contribution is -2.17. The van der Waals surface area contributed by atoms with Crippen LogP contribution in [0.1, 0.15) is 32.2 Å². The van der Waals surface area contributed by atoms with Crippen molar-refractivity contribution in [2.75, 3.05) is 0 Å². The van der Waals surface area contributed by atoms with Crippen molar-refractivity contribution in [3.63, 3.8) is 0 Å². The van der Waals surface area contributed by atoms with Gasteiger partial charge in [0, 0.05) is 11.5 Å². The molecule has 0 aromatic carbocycles. The summed E-state index contributed by atoms with van der Waals surface area (Å²) in [4.78, 5) is 3.89. The summed E-state index contributed by atoms with van der Waals surface area (Å²) >= 11 is 0. The minimum absolute atomic E-state index is 0.242. The van der Waals surface area contributed by atoms with E-state index in [9.17, 15) is 8.78 Å². The first kappa shape index (κ1) is 10.1. The summed E-state index contributed by atoms with van der Waals surface area (Å²) in [5.41, 5.74) is 0.167. The van der Waals surface area contributed by atoms with Crippen LogP contribution in [0.4, 0.5) is 8.78 Å². The number of pyridine rings is 1. The number of nitrogens with zero attached hydrogens (tertiary/aromatic N) is 1. The molecule has 0 N–H and O–H groups in total. The summed E-state index contributed by atoms with van der Waals surface area (Å²) in [5.74, 6) is -1.17. The molecule has 0 radical (unpaired) electrons. The molecule has 0 amide bonds. The topological polar surface area (TPSA) is 12.9 Å². The van der Waals surface area contributed by atoms with E-state index in [-0.39, 0.29) is 11.1 Å². The highest BCUT2D eigenvalue weighted by Gasteiger charge is 2.21. The average molecular weight is 185 g/mol. The summed E-state index contributed by atoms with van der Waals surface area (Å²) < 4.78 is 26.1. The van der Waals surface area contributed by atoms with Crippen LogP contribution in [0.2, 0.25) is 0 Å². The lowest BCUT2D eigenvalue weighted by molar-refractivity contribution is 0.485. The van der Waals surface area contributed by atoms with Gasteiger partial charge in [-0.05, 0) is 6.92 Å². The third kappa shape index (κ3) is 2.02. The molecule has 0 saturated heterocycles. The first-order chi connectivity index (χ1) is 5.82. The Kier molecular flexibility index (Phi) is 2.37. The fourth-order valence-electron chi connectivity index (χ4n) is 1.08. The molecular formula is C10H13F2N. The molecule has 1 heterocycles. The normalized spacial score (nSPS) is 11.8. The quantitative estimate of drug-likeness (QED) is 0.605. The molecule has 0 aliphatic carbocycles. The molecule has 1 aromatic rings. The van der Waals surface area contributed by atoms with Crippen LogP contribution < -0.4 is 0 Å². The van der Waals surface area contributed by atoms with Crippen LogP contribution in [-0.2, 0) is 5.41 Å². The molecular weight excluding hydrogens is 172 g/mol. The zero-order valence-electron chi connectivity index (χ0n) is 8.28. The average Bonchev–Trinajstić information content (AvgIpc) is 1.94. The van der Waals surface area contributed by atoms with Crippen LogP contribution in [-0.4, -0.2) is 4.98 Å². The molecule has 3 heteroatoms. The number of aromatic nitrogens is 1. The van der Waals surface area contributed by atoms with Gasteiger partial charge in [0.15, 0.2) is 0 Å². The Hall–Kier alpha value is -0.990. The second-order valence-electron chi connectivity index (χ2n) is 4.14. The molecule has 72 valence electrons. The Balaban J connectivity index is 3.32. The third-order valence-corrected chi connectivity index (χ3v) is 1.82. The molecule has 0 fully saturated rings. The van der Waals surface area contributed by atoms with Crippen molar-refractivity contribution >= 4 is 0 Å². The van der Waals surface area contributed by atoms with Gasteiger partial charge in [0.25, 0.3) is 0 Å². The highest BCUT2D eigenvalue weighted by molar-refractivity contribution is 5.20. The molecule has 0 saturated carbocycles. The van der Waals surface area contributed by atoms with Gasteiger partial charge in [-0.1, -0.05) is 20.8 Å². The number of halogens is 2. The maximum Gasteiger partial charge on any atom is 0.148 e. The van der Waals surface area contributed by atoms with Crippen molar-refractivity contribution in [1.82, 2.24) is 4.98 Å². The predicted molar refractivity (Wildman–Crippen MR) is 47.6 cm³/mol. The molecule has 13 heavy (non-hydrogen) atoms. The second-order valence-corrected chi connectivity index (χ2v) is 4.14. The second kappa shape index (κ2) is 3.05. The van der Waals surface area contributed by atoms with Crippen LogP contribution in [0.15, 0.2) is 6.07 Å². The van der Waals surface area contributed by atoms with E-state index in [0.717, 1.165) is 6.07 Å². The first-order valence-corrected chi connectivity index (χ1v) is 4.15. The van der Waals surface area contributed by atoms with Crippen molar-refractivity contribution in [3.05, 3.63) is 29.1 Å². The number of aryl methyl sites for hydroxylation is 1. The Morgan fingerprint density at radius 2 is 1.69 bits per heavy atom. The highest BCUT2D eigenvalue weighted by Crippen LogP contribution is 2.24. The fraction of sp³-hybridized carbons (Fsp3) is 0.500. The van der Waals surface area contributed by atoms with E-state index < -0.39 is 11.6 Å². The Bertz CT molecular complexity index is 326. The van der Waals surface area contributed by atoms with E-state index in [1.165, 1.54) is 6.92 Å². The summed E-state index contributed by atoms with van der Waals surface area (Å²) in [6, 6.07) is 0.892. The number of hydrogen-bond donors (Lipinski definition) is 0. The third-order valence-electron chi connectivity index (χ3n) is 1.82. The van der Waals surface area contributed by atoms with Crippen molar-refractivity contribution in [2.24, 2.45) is 0 Å². The maximum atomic E-state index is 13.2. The van der Waals surface area contributed by atoms with E-state index in [4.69, 9.17) is 0 Å². The molecule has 0 atom stereocenters. The van der Waals surface area contributed by atoms with E-state index in [1.807, 2.05) is 20.8 Å². The molecule has 0 aliphatic rings. The largest absolute Gasteiger partial charge is 0.251 e. The zero-order chi connectivity index (χ0) is 10.2. The molecule has 1 rings (SSSR count). The Morgan fingerprint density at radius 1 is 1.15 bits per heavy atom. The number of rotatable bonds is 0. The summed E-state index contributed by atoms with van der Waals surface area (Å²) in [6.45, 7) is 7.06. The van der Waals surface area contributed by atoms with Crippen molar-refractivity contribution < 1.29 is 8.78 Å². The SMILES string of the molecule is Cc1nc(C(C)(C)C)c(F)cc1F. The molecule has 1 nitrogen and oxygen atoms in total. The van der Waals surface area contributed by atoms with Gasteiger partial charge in [0.1, 0.15) is 11.6 Å². The van der Waals surface area contributed by atoms with Gasteiger partial charge in [-0.3, -0.25) is 4.98 Å². The van der Waals surface area contributed by atoms with E-state index in [0.29, 0.717) is 5.69 Å². The first-order valence-electron chi connectivity index (χ1n) is 4.15. The van der Waals surface area contributed by atoms with Gasteiger partial charge in [0.2, 0.25) is 0 Å². The van der Waals surface area contributed by atoms with Crippen molar-refractivity contribution in [2.45, 2.75) is 33.1 Å². The van der Waals surface area contributed by atoms with E-state index >= 15 is 0 Å². The Morgan fingerprint density at radius 3 is 2.15 bits per heavy atom. The van der Waals surface area contributed by atoms with E-state index in [1.54, 1.807) is 0 Å². The standard InChI is InChI=1S/C10H13F2N/c1-6-7(11)5-8(12)9(13-6)10(2,3)4/h5H,1-4H3. The van der Waals surface area contributed by atoms with Crippen LogP contribution in [0, 0.1) is 18.6 Å². The van der Waals surface area contributed by atoms with Gasteiger partial charge in [-0.15, -0.1) is 0 Å². The molecule has 0 unspecified atom stereocenters. The lowest BCUT2D eigenvalue weighted by Gasteiger charge is -2.18. The van der Waals surface area contributed by atoms with Crippen molar-refractivity contribution in [1.29, 1.82) is 0 Å². The maximum absolute atomic E-state index is 13.2. The van der Waals surface area contributed by atoms with Crippen molar-refractivity contribution in [3.8, 4) is 0 Å². The predicted octanol–water partition coefficient (Wildman–Crippen LogP) is 2.97. The summed E-state index contributed by atoms with van der Waals surface area (Å²) in [7, 11) is 0. The van der Waals surface area contributed by atoms with Crippen LogP contribution in [0.25, 0.3) is 0 Å². The monoisotopic (exact) mass is 185 g/mol. The zero-order valence-corrected chi connectivity index (χ0v) is 8.28. The molecule has 0 aliphatic heterocycles. The minimum atomic E-state index is -0.592.